The van der Waals surface area contributed by atoms with Gasteiger partial charge in [-0.25, -0.2) is 9.37 Å². The highest BCUT2D eigenvalue weighted by molar-refractivity contribution is 14.1. The van der Waals surface area contributed by atoms with Gasteiger partial charge in [0.15, 0.2) is 0 Å². The van der Waals surface area contributed by atoms with Gasteiger partial charge in [0.2, 0.25) is 0 Å². The molecular formula is C12H11ClFIN2O2. The normalized spacial score (nSPS) is 10.9. The van der Waals surface area contributed by atoms with Gasteiger partial charge in [-0.2, -0.15) is 0 Å². The molecule has 0 fully saturated rings. The molecule has 0 unspecified atom stereocenters. The Morgan fingerprint density at radius 2 is 2.32 bits per heavy atom. The van der Waals surface area contributed by atoms with Crippen molar-refractivity contribution in [2.75, 3.05) is 13.0 Å². The minimum atomic E-state index is -0.408. The molecule has 0 bridgehead atoms. The summed E-state index contributed by atoms with van der Waals surface area (Å²) in [5, 5.41) is 0. The Balaban J connectivity index is 2.58. The SMILES string of the molecule is COC(=O)Cn1c(CCCl)nc2cc(I)c(F)cc21. The molecule has 102 valence electrons. The van der Waals surface area contributed by atoms with Crippen LogP contribution in [0.5, 0.6) is 0 Å². The third-order valence-electron chi connectivity index (χ3n) is 2.70. The number of rotatable bonds is 4. The van der Waals surface area contributed by atoms with E-state index in [9.17, 15) is 9.18 Å². The smallest absolute Gasteiger partial charge is 0.325 e. The van der Waals surface area contributed by atoms with Crippen LogP contribution >= 0.6 is 34.2 Å². The summed E-state index contributed by atoms with van der Waals surface area (Å²) in [5.74, 6) is 0.284. The fourth-order valence-corrected chi connectivity index (χ4v) is 2.44. The van der Waals surface area contributed by atoms with E-state index in [-0.39, 0.29) is 12.4 Å². The lowest BCUT2D eigenvalue weighted by Crippen LogP contribution is -2.14. The number of esters is 1. The van der Waals surface area contributed by atoms with Crippen molar-refractivity contribution < 1.29 is 13.9 Å². The number of nitrogens with zero attached hydrogens (tertiary/aromatic N) is 2. The van der Waals surface area contributed by atoms with E-state index in [0.717, 1.165) is 0 Å². The topological polar surface area (TPSA) is 44.1 Å². The van der Waals surface area contributed by atoms with E-state index in [1.165, 1.54) is 13.2 Å². The number of fused-ring (bicyclic) bond motifs is 1. The van der Waals surface area contributed by atoms with Crippen molar-refractivity contribution in [1.29, 1.82) is 0 Å². The van der Waals surface area contributed by atoms with Gasteiger partial charge in [0, 0.05) is 18.4 Å². The number of alkyl halides is 1. The molecule has 0 atom stereocenters. The third-order valence-corrected chi connectivity index (χ3v) is 3.72. The second-order valence-corrected chi connectivity index (χ2v) is 5.42. The van der Waals surface area contributed by atoms with Gasteiger partial charge in [-0.3, -0.25) is 4.79 Å². The number of methoxy groups -OCH3 is 1. The molecule has 0 spiro atoms. The van der Waals surface area contributed by atoms with Crippen molar-refractivity contribution in [2.45, 2.75) is 13.0 Å². The van der Waals surface area contributed by atoms with Crippen LogP contribution in [-0.4, -0.2) is 28.5 Å². The molecule has 0 aliphatic carbocycles. The zero-order valence-corrected chi connectivity index (χ0v) is 13.0. The predicted octanol–water partition coefficient (Wildman–Crippen LogP) is 2.73. The standard InChI is InChI=1S/C12H11ClFIN2O2/c1-19-12(18)6-17-10-4-7(14)8(15)5-9(10)16-11(17)2-3-13/h4-5H,2-3,6H2,1H3. The minimum Gasteiger partial charge on any atom is -0.468 e. The highest BCUT2D eigenvalue weighted by atomic mass is 127. The Morgan fingerprint density at radius 1 is 1.58 bits per heavy atom. The average molecular weight is 397 g/mol. The van der Waals surface area contributed by atoms with Crippen LogP contribution in [0.3, 0.4) is 0 Å². The molecule has 0 saturated carbocycles. The zero-order valence-electron chi connectivity index (χ0n) is 10.1. The van der Waals surface area contributed by atoms with Gasteiger partial charge in [0.1, 0.15) is 18.2 Å². The highest BCUT2D eigenvalue weighted by Crippen LogP contribution is 2.22. The number of aryl methyl sites for hydroxylation is 1. The Morgan fingerprint density at radius 3 is 2.95 bits per heavy atom. The van der Waals surface area contributed by atoms with Crippen molar-refractivity contribution >= 4 is 51.2 Å². The number of hydrogen-bond donors (Lipinski definition) is 0. The van der Waals surface area contributed by atoms with E-state index in [4.69, 9.17) is 11.6 Å². The zero-order chi connectivity index (χ0) is 14.0. The summed E-state index contributed by atoms with van der Waals surface area (Å²) in [6.45, 7) is -0.000739. The van der Waals surface area contributed by atoms with Crippen molar-refractivity contribution in [3.8, 4) is 0 Å². The lowest BCUT2D eigenvalue weighted by molar-refractivity contribution is -0.141. The van der Waals surface area contributed by atoms with Crippen LogP contribution in [0, 0.1) is 9.39 Å². The Bertz CT molecular complexity index is 630. The first-order valence-corrected chi connectivity index (χ1v) is 7.15. The molecule has 1 aromatic carbocycles. The Kier molecular flexibility index (Phi) is 4.62. The molecule has 0 radical (unpaired) electrons. The number of ether oxygens (including phenoxy) is 1. The van der Waals surface area contributed by atoms with E-state index < -0.39 is 5.97 Å². The number of halogens is 3. The fraction of sp³-hybridized carbons (Fsp3) is 0.333. The molecule has 1 aromatic heterocycles. The highest BCUT2D eigenvalue weighted by Gasteiger charge is 2.15. The van der Waals surface area contributed by atoms with Crippen LogP contribution in [0.1, 0.15) is 5.82 Å². The number of aromatic nitrogens is 2. The maximum absolute atomic E-state index is 13.7. The molecule has 0 N–H and O–H groups in total. The van der Waals surface area contributed by atoms with Gasteiger partial charge in [-0.05, 0) is 28.7 Å². The summed E-state index contributed by atoms with van der Waals surface area (Å²) in [7, 11) is 1.31. The minimum absolute atomic E-state index is 0.000739. The molecule has 0 aliphatic heterocycles. The van der Waals surface area contributed by atoms with E-state index in [1.807, 2.05) is 22.6 Å². The number of carbonyl (C=O) groups excluding carboxylic acids is 1. The number of benzene rings is 1. The largest absolute Gasteiger partial charge is 0.468 e. The molecule has 1 heterocycles. The van der Waals surface area contributed by atoms with E-state index >= 15 is 0 Å². The molecular weight excluding hydrogens is 385 g/mol. The van der Waals surface area contributed by atoms with E-state index in [1.54, 1.807) is 10.6 Å². The monoisotopic (exact) mass is 396 g/mol. The van der Waals surface area contributed by atoms with E-state index in [0.29, 0.717) is 32.7 Å². The Hall–Kier alpha value is -0.890. The number of hydrogen-bond acceptors (Lipinski definition) is 3. The first-order valence-electron chi connectivity index (χ1n) is 5.53. The molecule has 2 aromatic rings. The molecule has 0 aliphatic rings. The second-order valence-electron chi connectivity index (χ2n) is 3.88. The molecule has 19 heavy (non-hydrogen) atoms. The van der Waals surface area contributed by atoms with Gasteiger partial charge >= 0.3 is 5.97 Å². The van der Waals surface area contributed by atoms with Gasteiger partial charge < -0.3 is 9.30 Å². The van der Waals surface area contributed by atoms with Gasteiger partial charge in [-0.15, -0.1) is 11.6 Å². The average Bonchev–Trinajstić information content (AvgIpc) is 2.68. The predicted molar refractivity (Wildman–Crippen MR) is 78.8 cm³/mol. The summed E-state index contributed by atoms with van der Waals surface area (Å²) in [6, 6.07) is 3.03. The van der Waals surface area contributed by atoms with Crippen LogP contribution in [0.2, 0.25) is 0 Å². The maximum atomic E-state index is 13.7. The molecule has 0 amide bonds. The van der Waals surface area contributed by atoms with Crippen LogP contribution in [0.25, 0.3) is 11.0 Å². The molecule has 4 nitrogen and oxygen atoms in total. The summed E-state index contributed by atoms with van der Waals surface area (Å²) < 4.78 is 20.4. The second kappa shape index (κ2) is 6.04. The number of carbonyl (C=O) groups is 1. The van der Waals surface area contributed by atoms with Crippen LogP contribution in [0.4, 0.5) is 4.39 Å². The van der Waals surface area contributed by atoms with E-state index in [2.05, 4.69) is 9.72 Å². The van der Waals surface area contributed by atoms with Crippen LogP contribution in [0.15, 0.2) is 12.1 Å². The molecule has 2 rings (SSSR count). The molecule has 7 heteroatoms. The van der Waals surface area contributed by atoms with Gasteiger partial charge in [0.05, 0.1) is 21.7 Å². The van der Waals surface area contributed by atoms with Gasteiger partial charge in [0.25, 0.3) is 0 Å². The lowest BCUT2D eigenvalue weighted by Gasteiger charge is -2.07. The fourth-order valence-electron chi connectivity index (χ4n) is 1.82. The molecule has 0 saturated heterocycles. The van der Waals surface area contributed by atoms with Crippen LogP contribution < -0.4 is 0 Å². The van der Waals surface area contributed by atoms with Crippen molar-refractivity contribution in [3.63, 3.8) is 0 Å². The maximum Gasteiger partial charge on any atom is 0.325 e. The summed E-state index contributed by atoms with van der Waals surface area (Å²) in [5.41, 5.74) is 1.22. The van der Waals surface area contributed by atoms with Crippen molar-refractivity contribution in [3.05, 3.63) is 27.3 Å². The van der Waals surface area contributed by atoms with Crippen molar-refractivity contribution in [1.82, 2.24) is 9.55 Å². The van der Waals surface area contributed by atoms with Gasteiger partial charge in [-0.1, -0.05) is 0 Å². The quantitative estimate of drug-likeness (QED) is 0.453. The lowest BCUT2D eigenvalue weighted by atomic mass is 10.3. The van der Waals surface area contributed by atoms with Crippen molar-refractivity contribution in [2.24, 2.45) is 0 Å². The van der Waals surface area contributed by atoms with Crippen LogP contribution in [-0.2, 0) is 22.5 Å². The summed E-state index contributed by atoms with van der Waals surface area (Å²) >= 11 is 7.63. The third kappa shape index (κ3) is 3.00. The first kappa shape index (κ1) is 14.5. The Labute approximate surface area is 128 Å². The number of imidazole rings is 1. The summed E-state index contributed by atoms with van der Waals surface area (Å²) in [6.07, 6.45) is 0.505. The summed E-state index contributed by atoms with van der Waals surface area (Å²) in [4.78, 5) is 15.8. The first-order chi connectivity index (χ1) is 9.06.